The molecule has 0 spiro atoms. The second kappa shape index (κ2) is 28.0. The molecule has 6 amide bonds. The molecular formula is C52H82N6O14. The van der Waals surface area contributed by atoms with E-state index in [0.29, 0.717) is 24.2 Å². The van der Waals surface area contributed by atoms with Crippen molar-refractivity contribution in [3.8, 4) is 5.75 Å². The lowest BCUT2D eigenvalue weighted by Gasteiger charge is -2.40. The Morgan fingerprint density at radius 3 is 2.04 bits per heavy atom. The number of Topliss-reactive ketones (excluding diaryl/α,β-unsaturated/α-hetero) is 1. The fourth-order valence-corrected chi connectivity index (χ4v) is 9.11. The number of esters is 2. The number of hydrogen-bond acceptors (Lipinski definition) is 14. The van der Waals surface area contributed by atoms with Crippen LogP contribution in [0.5, 0.6) is 5.75 Å². The van der Waals surface area contributed by atoms with Gasteiger partial charge >= 0.3 is 11.9 Å². The van der Waals surface area contributed by atoms with Crippen LogP contribution >= 0.6 is 0 Å². The zero-order valence-corrected chi connectivity index (χ0v) is 44.7. The molecule has 2 fully saturated rings. The van der Waals surface area contributed by atoms with Crippen molar-refractivity contribution in [2.45, 2.75) is 175 Å². The molecule has 20 nitrogen and oxygen atoms in total. The largest absolute Gasteiger partial charge is 0.497 e. The highest BCUT2D eigenvalue weighted by Crippen LogP contribution is 2.26. The Morgan fingerprint density at radius 1 is 0.861 bits per heavy atom. The maximum atomic E-state index is 15.6. The van der Waals surface area contributed by atoms with E-state index in [9.17, 15) is 48.6 Å². The summed E-state index contributed by atoms with van der Waals surface area (Å²) in [7, 11) is 4.37. The third-order valence-electron chi connectivity index (χ3n) is 13.5. The molecule has 0 radical (unpaired) electrons. The molecule has 2 aliphatic heterocycles. The van der Waals surface area contributed by atoms with Gasteiger partial charge in [-0.15, -0.1) is 0 Å². The molecule has 3 rings (SSSR count). The Morgan fingerprint density at radius 2 is 1.49 bits per heavy atom. The molecule has 1 unspecified atom stereocenters. The van der Waals surface area contributed by atoms with E-state index in [4.69, 9.17) is 14.2 Å². The predicted octanol–water partition coefficient (Wildman–Crippen LogP) is 2.42. The van der Waals surface area contributed by atoms with Crippen LogP contribution in [0.3, 0.4) is 0 Å². The number of ketones is 1. The molecule has 1 aromatic rings. The van der Waals surface area contributed by atoms with Crippen molar-refractivity contribution >= 4 is 53.2 Å². The molecular weight excluding hydrogens is 933 g/mol. The van der Waals surface area contributed by atoms with Crippen LogP contribution in [0.4, 0.5) is 0 Å². The molecule has 0 aromatic heterocycles. The number of benzene rings is 1. The van der Waals surface area contributed by atoms with Crippen LogP contribution in [0.1, 0.15) is 120 Å². The average molecular weight is 1020 g/mol. The number of aliphatic hydroxyl groups excluding tert-OH is 2. The van der Waals surface area contributed by atoms with Crippen LogP contribution < -0.4 is 15.4 Å². The van der Waals surface area contributed by atoms with Crippen LogP contribution in [0, 0.1) is 23.7 Å². The van der Waals surface area contributed by atoms with E-state index < -0.39 is 126 Å². The fraction of sp³-hybridized carbons (Fsp3) is 0.712. The first-order chi connectivity index (χ1) is 33.7. The van der Waals surface area contributed by atoms with Crippen LogP contribution in [-0.2, 0) is 59.0 Å². The van der Waals surface area contributed by atoms with E-state index >= 15 is 4.79 Å². The lowest BCUT2D eigenvalue weighted by molar-refractivity contribution is -0.165. The minimum absolute atomic E-state index is 0.000819. The quantitative estimate of drug-likeness (QED) is 0.122. The van der Waals surface area contributed by atoms with Crippen molar-refractivity contribution in [2.24, 2.45) is 23.7 Å². The number of rotatable bonds is 18. The predicted molar refractivity (Wildman–Crippen MR) is 266 cm³/mol. The summed E-state index contributed by atoms with van der Waals surface area (Å²) in [4.78, 5) is 130. The second-order valence-electron chi connectivity index (χ2n) is 20.6. The van der Waals surface area contributed by atoms with E-state index in [-0.39, 0.29) is 63.6 Å². The number of methoxy groups -OCH3 is 1. The van der Waals surface area contributed by atoms with Gasteiger partial charge in [0, 0.05) is 47.1 Å². The van der Waals surface area contributed by atoms with E-state index in [1.54, 1.807) is 38.1 Å². The highest BCUT2D eigenvalue weighted by Gasteiger charge is 2.44. The second-order valence-corrected chi connectivity index (χ2v) is 20.6. The number of aliphatic hydroxyl groups is 2. The molecule has 404 valence electrons. The number of carbonyl (C=O) groups is 9. The van der Waals surface area contributed by atoms with E-state index in [2.05, 4.69) is 10.6 Å². The Labute approximate surface area is 425 Å². The summed E-state index contributed by atoms with van der Waals surface area (Å²) in [5.74, 6) is -7.75. The SMILES string of the molecule is COc1ccc(C[C@@H](C(=O)O[C@H](C)[C@H](NC(=O)[C@H](CC(C)C)N(C)C(=O)[C@@H]2CCCN2C(=O)[C@H](C)O)C(=O)N2CCCCNC(=O)[C@@H](C)C(=O)C(C(C)C)OC(=O)C[C@H](O)[C@H]2CC(C)C)N(C)C(C)=O)cc1. The van der Waals surface area contributed by atoms with Crippen molar-refractivity contribution in [1.82, 2.24) is 30.2 Å². The molecule has 20 heteroatoms. The highest BCUT2D eigenvalue weighted by atomic mass is 16.6. The summed E-state index contributed by atoms with van der Waals surface area (Å²) in [6.45, 7) is 16.4. The zero-order chi connectivity index (χ0) is 54.3. The summed E-state index contributed by atoms with van der Waals surface area (Å²) in [5.41, 5.74) is 0.653. The van der Waals surface area contributed by atoms with E-state index in [1.807, 2.05) is 27.7 Å². The lowest BCUT2D eigenvalue weighted by atomic mass is 9.93. The number of likely N-dealkylation sites (N-methyl/N-ethyl adjacent to an activating group) is 2. The van der Waals surface area contributed by atoms with Crippen molar-refractivity contribution < 1.29 is 67.6 Å². The number of nitrogens with one attached hydrogen (secondary N) is 2. The Balaban J connectivity index is 2.20. The summed E-state index contributed by atoms with van der Waals surface area (Å²) in [5, 5.41) is 27.7. The van der Waals surface area contributed by atoms with Crippen LogP contribution in [0.25, 0.3) is 0 Å². The first-order valence-electron chi connectivity index (χ1n) is 25.3. The molecule has 2 aliphatic rings. The number of hydrogen-bond donors (Lipinski definition) is 4. The highest BCUT2D eigenvalue weighted by molar-refractivity contribution is 6.03. The minimum atomic E-state index is -1.71. The number of cyclic esters (lactones) is 1. The van der Waals surface area contributed by atoms with Crippen molar-refractivity contribution in [2.75, 3.05) is 40.8 Å². The Kier molecular flexibility index (Phi) is 23.6. The van der Waals surface area contributed by atoms with Gasteiger partial charge in [-0.25, -0.2) is 4.79 Å². The summed E-state index contributed by atoms with van der Waals surface area (Å²) in [6.07, 6.45) is -4.82. The minimum Gasteiger partial charge on any atom is -0.497 e. The maximum Gasteiger partial charge on any atom is 0.329 e. The van der Waals surface area contributed by atoms with Crippen molar-refractivity contribution in [1.29, 1.82) is 0 Å². The fourth-order valence-electron chi connectivity index (χ4n) is 9.11. The molecule has 2 heterocycles. The van der Waals surface area contributed by atoms with Gasteiger partial charge in [-0.1, -0.05) is 53.7 Å². The number of likely N-dealkylation sites (tertiary alicyclic amines) is 1. The summed E-state index contributed by atoms with van der Waals surface area (Å²) < 4.78 is 17.1. The monoisotopic (exact) mass is 1010 g/mol. The zero-order valence-electron chi connectivity index (χ0n) is 44.7. The van der Waals surface area contributed by atoms with Crippen LogP contribution in [-0.4, -0.2) is 178 Å². The van der Waals surface area contributed by atoms with Gasteiger partial charge in [0.1, 0.15) is 42.1 Å². The molecule has 4 N–H and O–H groups in total. The standard InChI is InChI=1S/C52H82N6O14/c1-29(2)25-39-42(61)28-43(62)72-46(31(5)6)45(63)32(7)47(64)53-22-14-15-23-58(39)51(68)44(34(9)71-52(69)41(55(11)35(10)60)27-36-18-20-37(70-13)21-19-36)54-48(65)40(26-30(3)4)56(12)50(67)38-17-16-24-57(38)49(66)33(8)59/h18-21,29-34,38-42,44,46,59,61H,14-17,22-28H2,1-13H3,(H,53,64)(H,54,65)/t32-,33-,34+,38-,39+,40-,41-,42-,44-,46?/m0/s1. The van der Waals surface area contributed by atoms with Gasteiger partial charge in [0.25, 0.3) is 5.91 Å². The number of carbonyl (C=O) groups excluding carboxylic acids is 9. The molecule has 72 heavy (non-hydrogen) atoms. The molecule has 2 saturated heterocycles. The first-order valence-corrected chi connectivity index (χ1v) is 25.3. The van der Waals surface area contributed by atoms with Crippen LogP contribution in [0.15, 0.2) is 24.3 Å². The Bertz CT molecular complexity index is 2050. The third kappa shape index (κ3) is 16.7. The average Bonchev–Trinajstić information content (AvgIpc) is 3.81. The summed E-state index contributed by atoms with van der Waals surface area (Å²) in [6, 6.07) is 0.629. The van der Waals surface area contributed by atoms with Gasteiger partial charge in [-0.05, 0) is 94.7 Å². The van der Waals surface area contributed by atoms with Gasteiger partial charge in [0.05, 0.1) is 31.6 Å². The van der Waals surface area contributed by atoms with Crippen molar-refractivity contribution in [3.63, 3.8) is 0 Å². The Hall–Kier alpha value is -5.63. The van der Waals surface area contributed by atoms with Gasteiger partial charge in [-0.2, -0.15) is 0 Å². The van der Waals surface area contributed by atoms with Crippen LogP contribution in [0.2, 0.25) is 0 Å². The number of ether oxygens (including phenoxy) is 3. The molecule has 0 saturated carbocycles. The lowest BCUT2D eigenvalue weighted by Crippen LogP contribution is -2.62. The third-order valence-corrected chi connectivity index (χ3v) is 13.5. The molecule has 10 atom stereocenters. The molecule has 0 bridgehead atoms. The van der Waals surface area contributed by atoms with Gasteiger partial charge < -0.3 is 54.7 Å². The van der Waals surface area contributed by atoms with E-state index in [0.717, 1.165) is 0 Å². The normalized spacial score (nSPS) is 22.6. The summed E-state index contributed by atoms with van der Waals surface area (Å²) >= 11 is 0. The van der Waals surface area contributed by atoms with E-state index in [1.165, 1.54) is 68.5 Å². The first kappa shape index (κ1) is 60.7. The van der Waals surface area contributed by atoms with Gasteiger partial charge in [0.15, 0.2) is 11.9 Å². The molecule has 1 aromatic carbocycles. The molecule has 0 aliphatic carbocycles. The van der Waals surface area contributed by atoms with Gasteiger partial charge in [-0.3, -0.25) is 38.4 Å². The smallest absolute Gasteiger partial charge is 0.329 e. The number of nitrogens with zero attached hydrogens (tertiary/aromatic N) is 4. The number of amides is 6. The van der Waals surface area contributed by atoms with Gasteiger partial charge in [0.2, 0.25) is 29.5 Å². The topological polar surface area (TPSA) is 259 Å². The maximum absolute atomic E-state index is 15.6. The van der Waals surface area contributed by atoms with Crippen molar-refractivity contribution in [3.05, 3.63) is 29.8 Å².